The van der Waals surface area contributed by atoms with Crippen LogP contribution < -0.4 is 5.32 Å². The standard InChI is InChI=1S/C11H13BrClNO4S2/c1-2-19(16)6-5-14-11(15)9-7-8(20(13,17)18)3-4-10(9)12/h3-4,7H,2,5-6H2,1H3,(H,14,15). The first-order chi connectivity index (χ1) is 9.25. The van der Waals surface area contributed by atoms with E-state index in [1.807, 2.05) is 0 Å². The first-order valence-corrected chi connectivity index (χ1v) is 10.2. The Labute approximate surface area is 133 Å². The van der Waals surface area contributed by atoms with Crippen LogP contribution in [0.5, 0.6) is 0 Å². The number of nitrogens with one attached hydrogen (secondary N) is 1. The third-order valence-corrected chi connectivity index (χ3v) is 5.75. The van der Waals surface area contributed by atoms with Crippen molar-refractivity contribution in [1.29, 1.82) is 0 Å². The van der Waals surface area contributed by atoms with Gasteiger partial charge < -0.3 is 5.32 Å². The normalized spacial score (nSPS) is 12.9. The van der Waals surface area contributed by atoms with E-state index < -0.39 is 25.8 Å². The van der Waals surface area contributed by atoms with Crippen molar-refractivity contribution >= 4 is 52.4 Å². The summed E-state index contributed by atoms with van der Waals surface area (Å²) in [5.41, 5.74) is 0.161. The minimum absolute atomic E-state index is 0.148. The number of amides is 1. The smallest absolute Gasteiger partial charge is 0.261 e. The molecule has 1 unspecified atom stereocenters. The summed E-state index contributed by atoms with van der Waals surface area (Å²) in [5.74, 6) is 0.430. The van der Waals surface area contributed by atoms with E-state index in [0.717, 1.165) is 0 Å². The zero-order valence-electron chi connectivity index (χ0n) is 10.6. The van der Waals surface area contributed by atoms with Crippen molar-refractivity contribution in [2.24, 2.45) is 0 Å². The third kappa shape index (κ3) is 5.16. The average Bonchev–Trinajstić information content (AvgIpc) is 2.37. The lowest BCUT2D eigenvalue weighted by atomic mass is 10.2. The molecule has 0 saturated carbocycles. The number of carbonyl (C=O) groups excluding carboxylic acids is 1. The fourth-order valence-electron chi connectivity index (χ4n) is 1.35. The van der Waals surface area contributed by atoms with Crippen LogP contribution in [0.25, 0.3) is 0 Å². The van der Waals surface area contributed by atoms with Gasteiger partial charge in [0.05, 0.1) is 10.5 Å². The fraction of sp³-hybridized carbons (Fsp3) is 0.364. The summed E-state index contributed by atoms with van der Waals surface area (Å²) < 4.78 is 34.2. The number of benzene rings is 1. The first kappa shape index (κ1) is 17.6. The van der Waals surface area contributed by atoms with E-state index in [-0.39, 0.29) is 17.0 Å². The fourth-order valence-corrected chi connectivity index (χ4v) is 3.17. The van der Waals surface area contributed by atoms with Gasteiger partial charge in [0.2, 0.25) is 0 Å². The maximum atomic E-state index is 11.9. The quantitative estimate of drug-likeness (QED) is 0.737. The number of carbonyl (C=O) groups is 1. The van der Waals surface area contributed by atoms with Crippen LogP contribution in [0.3, 0.4) is 0 Å². The van der Waals surface area contributed by atoms with Crippen LogP contribution in [0.2, 0.25) is 0 Å². The molecular formula is C11H13BrClNO4S2. The van der Waals surface area contributed by atoms with Crippen LogP contribution in [0.1, 0.15) is 17.3 Å². The maximum absolute atomic E-state index is 11.9. The molecule has 1 atom stereocenters. The number of rotatable bonds is 6. The number of hydrogen-bond donors (Lipinski definition) is 1. The Morgan fingerprint density at radius 2 is 2.10 bits per heavy atom. The van der Waals surface area contributed by atoms with Crippen molar-refractivity contribution in [2.45, 2.75) is 11.8 Å². The third-order valence-electron chi connectivity index (χ3n) is 2.40. The molecule has 5 nitrogen and oxygen atoms in total. The number of hydrogen-bond acceptors (Lipinski definition) is 4. The predicted molar refractivity (Wildman–Crippen MR) is 83.1 cm³/mol. The highest BCUT2D eigenvalue weighted by molar-refractivity contribution is 9.10. The minimum atomic E-state index is -3.89. The van der Waals surface area contributed by atoms with E-state index in [9.17, 15) is 17.4 Å². The lowest BCUT2D eigenvalue weighted by Gasteiger charge is -2.07. The lowest BCUT2D eigenvalue weighted by Crippen LogP contribution is -2.28. The molecule has 0 fully saturated rings. The van der Waals surface area contributed by atoms with Gasteiger partial charge in [-0.1, -0.05) is 6.92 Å². The van der Waals surface area contributed by atoms with E-state index in [2.05, 4.69) is 21.2 Å². The molecule has 1 aromatic rings. The van der Waals surface area contributed by atoms with Crippen molar-refractivity contribution in [3.8, 4) is 0 Å². The minimum Gasteiger partial charge on any atom is -0.351 e. The molecule has 0 spiro atoms. The highest BCUT2D eigenvalue weighted by Crippen LogP contribution is 2.23. The Bertz CT molecular complexity index is 633. The Morgan fingerprint density at radius 3 is 2.65 bits per heavy atom. The summed E-state index contributed by atoms with van der Waals surface area (Å²) in [6, 6.07) is 3.93. The molecule has 0 aromatic heterocycles. The first-order valence-electron chi connectivity index (χ1n) is 5.63. The van der Waals surface area contributed by atoms with Crippen LogP contribution in [0, 0.1) is 0 Å². The van der Waals surface area contributed by atoms with Crippen LogP contribution in [-0.2, 0) is 19.9 Å². The van der Waals surface area contributed by atoms with Gasteiger partial charge in [-0.25, -0.2) is 8.42 Å². The second-order valence-corrected chi connectivity index (χ2v) is 9.05. The van der Waals surface area contributed by atoms with E-state index in [1.165, 1.54) is 18.2 Å². The van der Waals surface area contributed by atoms with Gasteiger partial charge in [0.25, 0.3) is 15.0 Å². The van der Waals surface area contributed by atoms with Crippen LogP contribution in [0.4, 0.5) is 0 Å². The van der Waals surface area contributed by atoms with Crippen molar-refractivity contribution in [1.82, 2.24) is 5.32 Å². The number of halogens is 2. The Morgan fingerprint density at radius 1 is 1.45 bits per heavy atom. The van der Waals surface area contributed by atoms with Crippen molar-refractivity contribution in [2.75, 3.05) is 18.1 Å². The van der Waals surface area contributed by atoms with Crippen LogP contribution in [0.15, 0.2) is 27.6 Å². The summed E-state index contributed by atoms with van der Waals surface area (Å²) in [6.07, 6.45) is 0. The highest BCUT2D eigenvalue weighted by Gasteiger charge is 2.16. The second-order valence-electron chi connectivity index (χ2n) is 3.77. The monoisotopic (exact) mass is 401 g/mol. The van der Waals surface area contributed by atoms with E-state index in [0.29, 0.717) is 16.0 Å². The molecular weight excluding hydrogens is 390 g/mol. The van der Waals surface area contributed by atoms with Gasteiger partial charge in [-0.15, -0.1) is 0 Å². The van der Waals surface area contributed by atoms with Gasteiger partial charge in [-0.3, -0.25) is 9.00 Å². The molecule has 0 aliphatic carbocycles. The van der Waals surface area contributed by atoms with Crippen LogP contribution >= 0.6 is 26.6 Å². The summed E-state index contributed by atoms with van der Waals surface area (Å²) in [4.78, 5) is 11.8. The Balaban J connectivity index is 2.85. The zero-order chi connectivity index (χ0) is 15.3. The maximum Gasteiger partial charge on any atom is 0.261 e. The topological polar surface area (TPSA) is 80.3 Å². The van der Waals surface area contributed by atoms with Crippen molar-refractivity contribution in [3.63, 3.8) is 0 Å². The molecule has 1 rings (SSSR count). The molecule has 112 valence electrons. The van der Waals surface area contributed by atoms with E-state index in [1.54, 1.807) is 6.92 Å². The zero-order valence-corrected chi connectivity index (χ0v) is 14.5. The summed E-state index contributed by atoms with van der Waals surface area (Å²) >= 11 is 3.17. The molecule has 1 aromatic carbocycles. The Hall–Kier alpha value is -0.440. The van der Waals surface area contributed by atoms with Gasteiger partial charge in [0, 0.05) is 44.0 Å². The highest BCUT2D eigenvalue weighted by atomic mass is 79.9. The van der Waals surface area contributed by atoms with E-state index >= 15 is 0 Å². The van der Waals surface area contributed by atoms with Crippen molar-refractivity contribution in [3.05, 3.63) is 28.2 Å². The van der Waals surface area contributed by atoms with Crippen LogP contribution in [-0.4, -0.2) is 36.6 Å². The summed E-state index contributed by atoms with van der Waals surface area (Å²) in [6.45, 7) is 2.05. The molecule has 1 amide bonds. The molecule has 0 radical (unpaired) electrons. The molecule has 0 bridgehead atoms. The average molecular weight is 403 g/mol. The van der Waals surface area contributed by atoms with Crippen molar-refractivity contribution < 1.29 is 17.4 Å². The van der Waals surface area contributed by atoms with Gasteiger partial charge in [-0.2, -0.15) is 0 Å². The van der Waals surface area contributed by atoms with E-state index in [4.69, 9.17) is 10.7 Å². The summed E-state index contributed by atoms with van der Waals surface area (Å²) in [5, 5.41) is 2.58. The van der Waals surface area contributed by atoms with Gasteiger partial charge >= 0.3 is 0 Å². The molecule has 0 aliphatic heterocycles. The largest absolute Gasteiger partial charge is 0.351 e. The molecule has 20 heavy (non-hydrogen) atoms. The second kappa shape index (κ2) is 7.53. The molecule has 0 aliphatic rings. The SMILES string of the molecule is CCS(=O)CCNC(=O)c1cc(S(=O)(=O)Cl)ccc1Br. The molecule has 0 heterocycles. The summed E-state index contributed by atoms with van der Waals surface area (Å²) in [7, 11) is 0.379. The predicted octanol–water partition coefficient (Wildman–Crippen LogP) is 1.87. The lowest BCUT2D eigenvalue weighted by molar-refractivity contribution is 0.0955. The van der Waals surface area contributed by atoms with Gasteiger partial charge in [0.15, 0.2) is 0 Å². The molecule has 9 heteroatoms. The van der Waals surface area contributed by atoms with Gasteiger partial charge in [0.1, 0.15) is 0 Å². The molecule has 1 N–H and O–H groups in total. The molecule has 0 saturated heterocycles. The van der Waals surface area contributed by atoms with Gasteiger partial charge in [-0.05, 0) is 34.1 Å². The Kier molecular flexibility index (Phi) is 6.63.